The fourth-order valence-electron chi connectivity index (χ4n) is 4.20. The minimum Gasteiger partial charge on any atom is -0.326 e. The van der Waals surface area contributed by atoms with Crippen LogP contribution in [0.5, 0.6) is 0 Å². The quantitative estimate of drug-likeness (QED) is 0.283. The molecule has 0 bridgehead atoms. The standard InChI is InChI=1S/C25H25N3O2S.H3O3P/c1-3-23(31(2,29)30)24-26-19-28(27-24)25(20-13-7-4-8-14-20,21-15-9-5-10-16-21)22-17-11-6-12-18-22;1-4(2)3/h4-19,23H,3H2,1-2H3;4H,(H2,1,2,3). The van der Waals surface area contributed by atoms with Gasteiger partial charge in [-0.25, -0.2) is 18.1 Å². The molecular formula is C25H28N3O5PS. The molecule has 0 aliphatic carbocycles. The molecule has 0 amide bonds. The van der Waals surface area contributed by atoms with E-state index in [-0.39, 0.29) is 0 Å². The molecular weight excluding hydrogens is 485 g/mol. The number of hydrogen-bond donors (Lipinski definition) is 2. The van der Waals surface area contributed by atoms with Crippen LogP contribution in [-0.2, 0) is 19.9 Å². The van der Waals surface area contributed by atoms with Crippen LogP contribution in [0.15, 0.2) is 97.3 Å². The van der Waals surface area contributed by atoms with Crippen LogP contribution in [0.4, 0.5) is 0 Å². The highest BCUT2D eigenvalue weighted by Gasteiger charge is 2.40. The molecule has 0 radical (unpaired) electrons. The van der Waals surface area contributed by atoms with E-state index in [9.17, 15) is 8.42 Å². The summed E-state index contributed by atoms with van der Waals surface area (Å²) in [4.78, 5) is 18.8. The molecule has 4 rings (SSSR count). The number of benzene rings is 3. The Morgan fingerprint density at radius 2 is 1.23 bits per heavy atom. The highest BCUT2D eigenvalue weighted by molar-refractivity contribution is 7.90. The van der Waals surface area contributed by atoms with Crippen LogP contribution in [-0.4, -0.2) is 39.2 Å². The van der Waals surface area contributed by atoms with Crippen molar-refractivity contribution in [1.82, 2.24) is 14.8 Å². The van der Waals surface area contributed by atoms with E-state index in [1.54, 1.807) is 11.0 Å². The largest absolute Gasteiger partial charge is 0.326 e. The summed E-state index contributed by atoms with van der Waals surface area (Å²) in [5.74, 6) is 0.317. The second kappa shape index (κ2) is 11.6. The zero-order valence-electron chi connectivity index (χ0n) is 19.4. The highest BCUT2D eigenvalue weighted by atomic mass is 32.2. The fraction of sp³-hybridized carbons (Fsp3) is 0.200. The first-order chi connectivity index (χ1) is 16.7. The molecule has 0 saturated carbocycles. The summed E-state index contributed by atoms with van der Waals surface area (Å²) >= 11 is 0. The molecule has 0 spiro atoms. The third kappa shape index (κ3) is 5.94. The summed E-state index contributed by atoms with van der Waals surface area (Å²) in [7, 11) is -6.46. The number of hydrogen-bond acceptors (Lipinski definition) is 5. The van der Waals surface area contributed by atoms with Crippen molar-refractivity contribution in [1.29, 1.82) is 0 Å². The van der Waals surface area contributed by atoms with Crippen molar-refractivity contribution in [2.24, 2.45) is 0 Å². The van der Waals surface area contributed by atoms with Crippen molar-refractivity contribution in [3.63, 3.8) is 0 Å². The second-order valence-corrected chi connectivity index (χ2v) is 10.7. The Labute approximate surface area is 205 Å². The van der Waals surface area contributed by atoms with Gasteiger partial charge in [0.1, 0.15) is 17.1 Å². The molecule has 184 valence electrons. The molecule has 10 heteroatoms. The van der Waals surface area contributed by atoms with Gasteiger partial charge in [0.2, 0.25) is 0 Å². The van der Waals surface area contributed by atoms with Gasteiger partial charge >= 0.3 is 8.25 Å². The molecule has 0 aliphatic heterocycles. The molecule has 4 aromatic rings. The van der Waals surface area contributed by atoms with E-state index in [0.717, 1.165) is 16.7 Å². The van der Waals surface area contributed by atoms with Gasteiger partial charge in [0, 0.05) is 6.26 Å². The van der Waals surface area contributed by atoms with Gasteiger partial charge in [-0.1, -0.05) is 97.9 Å². The monoisotopic (exact) mass is 513 g/mol. The number of sulfone groups is 1. The summed E-state index contributed by atoms with van der Waals surface area (Å²) in [5.41, 5.74) is 2.23. The maximum atomic E-state index is 12.3. The van der Waals surface area contributed by atoms with E-state index in [4.69, 9.17) is 19.5 Å². The molecule has 8 nitrogen and oxygen atoms in total. The first-order valence-electron chi connectivity index (χ1n) is 10.9. The molecule has 35 heavy (non-hydrogen) atoms. The van der Waals surface area contributed by atoms with Crippen molar-refractivity contribution in [3.05, 3.63) is 120 Å². The first kappa shape index (κ1) is 26.5. The molecule has 0 aliphatic rings. The van der Waals surface area contributed by atoms with Crippen molar-refractivity contribution < 1.29 is 22.8 Å². The lowest BCUT2D eigenvalue weighted by Gasteiger charge is -2.35. The zero-order valence-corrected chi connectivity index (χ0v) is 21.2. The van der Waals surface area contributed by atoms with Crippen molar-refractivity contribution in [2.45, 2.75) is 24.1 Å². The summed E-state index contributed by atoms with van der Waals surface area (Å²) in [6.07, 6.45) is 3.30. The van der Waals surface area contributed by atoms with Gasteiger partial charge in [-0.2, -0.15) is 5.10 Å². The summed E-state index contributed by atoms with van der Waals surface area (Å²) in [6, 6.07) is 30.3. The maximum absolute atomic E-state index is 12.3. The van der Waals surface area contributed by atoms with E-state index in [1.165, 1.54) is 6.26 Å². The van der Waals surface area contributed by atoms with Gasteiger partial charge < -0.3 is 9.79 Å². The Hall–Kier alpha value is -3.10. The minimum absolute atomic E-state index is 0.317. The Balaban J connectivity index is 0.000000795. The van der Waals surface area contributed by atoms with Crippen molar-refractivity contribution in [2.75, 3.05) is 6.26 Å². The Morgan fingerprint density at radius 1 is 0.857 bits per heavy atom. The molecule has 0 fully saturated rings. The normalized spacial score (nSPS) is 12.6. The van der Waals surface area contributed by atoms with Gasteiger partial charge in [-0.3, -0.25) is 4.57 Å². The molecule has 1 atom stereocenters. The minimum atomic E-state index is -3.33. The van der Waals surface area contributed by atoms with Crippen LogP contribution in [0.1, 0.15) is 41.1 Å². The zero-order chi connectivity index (χ0) is 25.5. The van der Waals surface area contributed by atoms with Gasteiger partial charge in [0.25, 0.3) is 0 Å². The summed E-state index contributed by atoms with van der Waals surface area (Å²) in [6.45, 7) is 1.84. The smallest absolute Gasteiger partial charge is 0.314 e. The lowest BCUT2D eigenvalue weighted by atomic mass is 9.77. The SMILES string of the molecule is CCC(c1ncn(C(c2ccccc2)(c2ccccc2)c2ccccc2)n1)S(C)(=O)=O.O=[PH](O)O. The van der Waals surface area contributed by atoms with Crippen LogP contribution in [0, 0.1) is 0 Å². The predicted octanol–water partition coefficient (Wildman–Crippen LogP) is 3.97. The summed E-state index contributed by atoms with van der Waals surface area (Å²) < 4.78 is 35.2. The van der Waals surface area contributed by atoms with Crippen LogP contribution >= 0.6 is 8.25 Å². The van der Waals surface area contributed by atoms with Gasteiger partial charge in [-0.15, -0.1) is 0 Å². The molecule has 2 N–H and O–H groups in total. The topological polar surface area (TPSA) is 122 Å². The van der Waals surface area contributed by atoms with Crippen molar-refractivity contribution >= 4 is 18.1 Å². The number of aromatic nitrogens is 3. The number of rotatable bonds is 7. The first-order valence-corrected chi connectivity index (χ1v) is 14.2. The van der Waals surface area contributed by atoms with Crippen LogP contribution < -0.4 is 0 Å². The van der Waals surface area contributed by atoms with Crippen molar-refractivity contribution in [3.8, 4) is 0 Å². The third-order valence-corrected chi connectivity index (χ3v) is 7.18. The van der Waals surface area contributed by atoms with Gasteiger partial charge in [-0.05, 0) is 23.1 Å². The Morgan fingerprint density at radius 3 is 1.54 bits per heavy atom. The van der Waals surface area contributed by atoms with E-state index < -0.39 is 28.9 Å². The molecule has 1 heterocycles. The molecule has 1 aromatic heterocycles. The lowest BCUT2D eigenvalue weighted by molar-refractivity contribution is 0.405. The van der Waals surface area contributed by atoms with Gasteiger partial charge in [0.05, 0.1) is 0 Å². The average Bonchev–Trinajstić information content (AvgIpc) is 3.30. The third-order valence-electron chi connectivity index (χ3n) is 5.60. The fourth-order valence-corrected chi connectivity index (χ4v) is 5.29. The predicted molar refractivity (Wildman–Crippen MR) is 136 cm³/mol. The highest BCUT2D eigenvalue weighted by Crippen LogP contribution is 2.40. The maximum Gasteiger partial charge on any atom is 0.314 e. The van der Waals surface area contributed by atoms with Crippen LogP contribution in [0.25, 0.3) is 0 Å². The number of nitrogens with zero attached hydrogens (tertiary/aromatic N) is 3. The molecule has 1 unspecified atom stereocenters. The molecule has 3 aromatic carbocycles. The Bertz CT molecular complexity index is 1250. The summed E-state index contributed by atoms with van der Waals surface area (Å²) in [5, 5.41) is 4.03. The second-order valence-electron chi connectivity index (χ2n) is 7.86. The van der Waals surface area contributed by atoms with E-state index >= 15 is 0 Å². The van der Waals surface area contributed by atoms with Gasteiger partial charge in [0.15, 0.2) is 15.7 Å². The van der Waals surface area contributed by atoms with E-state index in [0.29, 0.717) is 12.2 Å². The van der Waals surface area contributed by atoms with Crippen LogP contribution in [0.3, 0.4) is 0 Å². The van der Waals surface area contributed by atoms with Crippen LogP contribution in [0.2, 0.25) is 0 Å². The molecule has 0 saturated heterocycles. The van der Waals surface area contributed by atoms with E-state index in [2.05, 4.69) is 41.4 Å². The lowest BCUT2D eigenvalue weighted by Crippen LogP contribution is -2.38. The Kier molecular flexibility index (Phi) is 8.75. The average molecular weight is 514 g/mol. The van der Waals surface area contributed by atoms with E-state index in [1.807, 2.05) is 61.5 Å².